The minimum Gasteiger partial charge on any atom is -0.489 e. The van der Waals surface area contributed by atoms with Gasteiger partial charge in [0.2, 0.25) is 5.89 Å². The van der Waals surface area contributed by atoms with E-state index in [-0.39, 0.29) is 17.4 Å². The van der Waals surface area contributed by atoms with Crippen LogP contribution in [0.25, 0.3) is 11.5 Å². The lowest BCUT2D eigenvalue weighted by Gasteiger charge is -2.13. The van der Waals surface area contributed by atoms with Crippen molar-refractivity contribution in [2.24, 2.45) is 11.7 Å². The molecule has 10 heteroatoms. The van der Waals surface area contributed by atoms with Gasteiger partial charge in [0.25, 0.3) is 0 Å². The molecule has 0 bridgehead atoms. The van der Waals surface area contributed by atoms with Crippen molar-refractivity contribution in [1.82, 2.24) is 4.98 Å². The average Bonchev–Trinajstić information content (AvgIpc) is 3.36. The Balaban J connectivity index is 1.90. The molecule has 2 aromatic rings. The molecule has 1 aliphatic rings. The lowest BCUT2D eigenvalue weighted by atomic mass is 10.2. The zero-order valence-corrected chi connectivity index (χ0v) is 16.6. The molecule has 0 saturated heterocycles. The number of carbonyl (C=O) groups is 1. The molecule has 1 unspecified atom stereocenters. The third-order valence-electron chi connectivity index (χ3n) is 4.09. The van der Waals surface area contributed by atoms with Crippen molar-refractivity contribution < 1.29 is 32.2 Å². The van der Waals surface area contributed by atoms with Crippen molar-refractivity contribution in [3.8, 4) is 23.0 Å². The van der Waals surface area contributed by atoms with Crippen LogP contribution in [0.4, 0.5) is 13.6 Å². The molecular weight excluding hydrogens is 442 g/mol. The van der Waals surface area contributed by atoms with Gasteiger partial charge in [-0.15, -0.1) is 0 Å². The van der Waals surface area contributed by atoms with E-state index >= 15 is 0 Å². The van der Waals surface area contributed by atoms with E-state index in [1.807, 2.05) is 0 Å². The molecule has 28 heavy (non-hydrogen) atoms. The molecule has 2 N–H and O–H groups in total. The molecule has 3 rings (SSSR count). The number of aromatic nitrogens is 1. The molecule has 1 aliphatic carbocycles. The van der Waals surface area contributed by atoms with Gasteiger partial charge in [0.05, 0.1) is 12.3 Å². The number of benzene rings is 1. The zero-order valence-electron chi connectivity index (χ0n) is 15.0. The lowest BCUT2D eigenvalue weighted by Crippen LogP contribution is -2.15. The number of hydrogen-bond acceptors (Lipinski definition) is 6. The van der Waals surface area contributed by atoms with Crippen molar-refractivity contribution in [2.75, 3.05) is 6.61 Å². The number of alkyl halides is 3. The molecule has 1 aromatic heterocycles. The fourth-order valence-corrected chi connectivity index (χ4v) is 2.97. The van der Waals surface area contributed by atoms with Crippen molar-refractivity contribution >= 4 is 22.0 Å². The highest BCUT2D eigenvalue weighted by molar-refractivity contribution is 9.08. The minimum atomic E-state index is -2.96. The Hall–Kier alpha value is -2.36. The van der Waals surface area contributed by atoms with Crippen LogP contribution in [0.2, 0.25) is 0 Å². The van der Waals surface area contributed by atoms with Crippen LogP contribution in [0, 0.1) is 5.92 Å². The first-order valence-corrected chi connectivity index (χ1v) is 9.73. The summed E-state index contributed by atoms with van der Waals surface area (Å²) in [6.07, 6.45) is 0.439. The summed E-state index contributed by atoms with van der Waals surface area (Å²) < 4.78 is 46.2. The molecule has 1 saturated carbocycles. The van der Waals surface area contributed by atoms with E-state index in [0.29, 0.717) is 34.9 Å². The van der Waals surface area contributed by atoms with E-state index < -0.39 is 18.8 Å². The van der Waals surface area contributed by atoms with Crippen molar-refractivity contribution in [2.45, 2.75) is 37.8 Å². The number of hydrogen-bond donors (Lipinski definition) is 1. The maximum Gasteiger partial charge on any atom is 0.405 e. The monoisotopic (exact) mass is 460 g/mol. The normalized spacial score (nSPS) is 14.8. The molecule has 0 aliphatic heterocycles. The average molecular weight is 461 g/mol. The third-order valence-corrected chi connectivity index (χ3v) is 4.63. The second-order valence-corrected chi connectivity index (χ2v) is 6.90. The van der Waals surface area contributed by atoms with Crippen LogP contribution in [0.15, 0.2) is 22.6 Å². The van der Waals surface area contributed by atoms with E-state index in [0.717, 1.165) is 12.8 Å². The number of halogens is 3. The SMILES string of the molecule is CC(OC(N)=O)c1oc(-c2ccc(OC(F)F)c(OCC3CC3)c2)nc1CBr. The van der Waals surface area contributed by atoms with Gasteiger partial charge in [-0.3, -0.25) is 0 Å². The number of primary amides is 1. The molecule has 7 nitrogen and oxygen atoms in total. The Bertz CT molecular complexity index is 841. The van der Waals surface area contributed by atoms with Crippen molar-refractivity contribution in [3.05, 3.63) is 29.7 Å². The number of carbonyl (C=O) groups excluding carboxylic acids is 1. The standard InChI is InChI=1S/C18H19BrF2N2O5/c1-9(26-18(22)24)15-12(7-19)23-16(28-15)11-4-5-13(27-17(20)21)14(6-11)25-8-10-2-3-10/h4-6,9-10,17H,2-3,7-8H2,1H3,(H2,22,24). The predicted molar refractivity (Wildman–Crippen MR) is 98.5 cm³/mol. The molecule has 0 radical (unpaired) electrons. The van der Waals surface area contributed by atoms with Crippen LogP contribution in [0.1, 0.15) is 37.3 Å². The topological polar surface area (TPSA) is 96.8 Å². The summed E-state index contributed by atoms with van der Waals surface area (Å²) in [4.78, 5) is 15.4. The first kappa shape index (κ1) is 20.4. The van der Waals surface area contributed by atoms with Gasteiger partial charge in [0.15, 0.2) is 23.4 Å². The summed E-state index contributed by atoms with van der Waals surface area (Å²) in [6.45, 7) is -0.935. The van der Waals surface area contributed by atoms with Gasteiger partial charge in [-0.25, -0.2) is 9.78 Å². The summed E-state index contributed by atoms with van der Waals surface area (Å²) in [5.41, 5.74) is 6.08. The summed E-state index contributed by atoms with van der Waals surface area (Å²) in [5, 5.41) is 0.357. The van der Waals surface area contributed by atoms with Gasteiger partial charge in [-0.1, -0.05) is 15.9 Å². The van der Waals surface area contributed by atoms with E-state index in [1.54, 1.807) is 6.92 Å². The number of amides is 1. The van der Waals surface area contributed by atoms with Crippen LogP contribution < -0.4 is 15.2 Å². The minimum absolute atomic E-state index is 0.0580. The molecule has 0 spiro atoms. The molecule has 1 aromatic carbocycles. The highest BCUT2D eigenvalue weighted by Crippen LogP contribution is 2.37. The van der Waals surface area contributed by atoms with Crippen LogP contribution in [-0.2, 0) is 10.1 Å². The van der Waals surface area contributed by atoms with Gasteiger partial charge >= 0.3 is 12.7 Å². The van der Waals surface area contributed by atoms with Gasteiger partial charge in [-0.2, -0.15) is 8.78 Å². The zero-order chi connectivity index (χ0) is 20.3. The number of oxazole rings is 1. The van der Waals surface area contributed by atoms with Crippen LogP contribution >= 0.6 is 15.9 Å². The summed E-state index contributed by atoms with van der Waals surface area (Å²) in [6, 6.07) is 4.45. The van der Waals surface area contributed by atoms with E-state index in [2.05, 4.69) is 25.7 Å². The van der Waals surface area contributed by atoms with Crippen LogP contribution in [0.3, 0.4) is 0 Å². The highest BCUT2D eigenvalue weighted by Gasteiger charge is 2.25. The number of nitrogens with zero attached hydrogens (tertiary/aromatic N) is 1. The van der Waals surface area contributed by atoms with E-state index in [1.165, 1.54) is 18.2 Å². The fraction of sp³-hybridized carbons (Fsp3) is 0.444. The van der Waals surface area contributed by atoms with Gasteiger partial charge in [-0.05, 0) is 43.9 Å². The molecule has 1 atom stereocenters. The number of nitrogens with two attached hydrogens (primary N) is 1. The first-order valence-electron chi connectivity index (χ1n) is 8.61. The number of ether oxygens (including phenoxy) is 3. The van der Waals surface area contributed by atoms with E-state index in [4.69, 9.17) is 19.6 Å². The highest BCUT2D eigenvalue weighted by atomic mass is 79.9. The van der Waals surface area contributed by atoms with Crippen molar-refractivity contribution in [1.29, 1.82) is 0 Å². The molecular formula is C18H19BrF2N2O5. The molecule has 152 valence electrons. The maximum absolute atomic E-state index is 12.7. The Kier molecular flexibility index (Phi) is 6.38. The summed E-state index contributed by atoms with van der Waals surface area (Å²) >= 11 is 3.31. The third kappa shape index (κ3) is 5.12. The lowest BCUT2D eigenvalue weighted by molar-refractivity contribution is -0.0515. The maximum atomic E-state index is 12.7. The second-order valence-electron chi connectivity index (χ2n) is 6.34. The fourth-order valence-electron chi connectivity index (χ4n) is 2.57. The quantitative estimate of drug-likeness (QED) is 0.540. The van der Waals surface area contributed by atoms with Crippen LogP contribution in [-0.4, -0.2) is 24.3 Å². The predicted octanol–water partition coefficient (Wildman–Crippen LogP) is 4.78. The smallest absolute Gasteiger partial charge is 0.405 e. The van der Waals surface area contributed by atoms with Crippen LogP contribution in [0.5, 0.6) is 11.5 Å². The first-order chi connectivity index (χ1) is 13.4. The summed E-state index contributed by atoms with van der Waals surface area (Å²) in [5.74, 6) is 1.12. The Morgan fingerprint density at radius 1 is 1.39 bits per heavy atom. The van der Waals surface area contributed by atoms with Gasteiger partial charge < -0.3 is 24.4 Å². The Morgan fingerprint density at radius 2 is 2.14 bits per heavy atom. The number of rotatable bonds is 9. The molecule has 1 heterocycles. The van der Waals surface area contributed by atoms with E-state index in [9.17, 15) is 13.6 Å². The van der Waals surface area contributed by atoms with Gasteiger partial charge in [0.1, 0.15) is 0 Å². The largest absolute Gasteiger partial charge is 0.489 e. The Labute approximate surface area is 168 Å². The molecule has 1 fully saturated rings. The van der Waals surface area contributed by atoms with Gasteiger partial charge in [0, 0.05) is 10.9 Å². The molecule has 1 amide bonds. The summed E-state index contributed by atoms with van der Waals surface area (Å²) in [7, 11) is 0. The Morgan fingerprint density at radius 3 is 2.75 bits per heavy atom. The second kappa shape index (κ2) is 8.76. The van der Waals surface area contributed by atoms with Crippen molar-refractivity contribution in [3.63, 3.8) is 0 Å².